The fraction of sp³-hybridized carbons (Fsp3) is 0.611. The maximum Gasteiger partial charge on any atom is 0.139 e. The summed E-state index contributed by atoms with van der Waals surface area (Å²) in [4.78, 5) is 12.6. The van der Waals surface area contributed by atoms with Crippen molar-refractivity contribution >= 4 is 5.78 Å². The fourth-order valence-electron chi connectivity index (χ4n) is 3.57. The van der Waals surface area contributed by atoms with Crippen LogP contribution in [-0.4, -0.2) is 16.5 Å². The molecule has 0 unspecified atom stereocenters. The highest BCUT2D eigenvalue weighted by molar-refractivity contribution is 5.83. The van der Waals surface area contributed by atoms with Crippen molar-refractivity contribution in [3.63, 3.8) is 0 Å². The third-order valence-corrected chi connectivity index (χ3v) is 4.62. The summed E-state index contributed by atoms with van der Waals surface area (Å²) in [7, 11) is 0. The van der Waals surface area contributed by atoms with Gasteiger partial charge in [-0.05, 0) is 44.1 Å². The van der Waals surface area contributed by atoms with Crippen LogP contribution in [0.4, 0.5) is 0 Å². The van der Waals surface area contributed by atoms with Crippen molar-refractivity contribution in [2.45, 2.75) is 63.9 Å². The molecule has 0 spiro atoms. The van der Waals surface area contributed by atoms with Crippen LogP contribution in [0.2, 0.25) is 0 Å². The lowest BCUT2D eigenvalue weighted by Gasteiger charge is -2.42. The van der Waals surface area contributed by atoms with Crippen LogP contribution in [0.5, 0.6) is 0 Å². The number of Topliss-reactive ketones (excluding diaryl/α,β-unsaturated/α-hetero) is 1. The molecule has 3 atom stereocenters. The molecule has 1 saturated carbocycles. The third kappa shape index (κ3) is 3.29. The van der Waals surface area contributed by atoms with Gasteiger partial charge in [0.15, 0.2) is 0 Å². The van der Waals surface area contributed by atoms with Crippen molar-refractivity contribution < 1.29 is 9.90 Å². The Morgan fingerprint density at radius 2 is 2.05 bits per heavy atom. The van der Waals surface area contributed by atoms with E-state index < -0.39 is 5.60 Å². The van der Waals surface area contributed by atoms with E-state index in [4.69, 9.17) is 0 Å². The second-order valence-corrected chi connectivity index (χ2v) is 6.31. The first-order chi connectivity index (χ1) is 9.56. The summed E-state index contributed by atoms with van der Waals surface area (Å²) in [6, 6.07) is 10.2. The van der Waals surface area contributed by atoms with E-state index in [1.54, 1.807) is 0 Å². The standard InChI is InChI=1S/C18H26O2/c1-3-4-12-16(19)17-15(11-8-13-18(17,2)20)14-9-6-5-7-10-14/h5-7,9-10,15,17,20H,3-4,8,11-13H2,1-2H3/t15-,17+,18+/m0/s1. The zero-order chi connectivity index (χ0) is 14.6. The van der Waals surface area contributed by atoms with E-state index in [0.29, 0.717) is 6.42 Å². The summed E-state index contributed by atoms with van der Waals surface area (Å²) in [5, 5.41) is 10.7. The number of carbonyl (C=O) groups excluding carboxylic acids is 1. The number of aliphatic hydroxyl groups is 1. The summed E-state index contributed by atoms with van der Waals surface area (Å²) in [5.74, 6) is 0.167. The quantitative estimate of drug-likeness (QED) is 0.878. The Morgan fingerprint density at radius 3 is 2.70 bits per heavy atom. The number of unbranched alkanes of at least 4 members (excludes halogenated alkanes) is 1. The Kier molecular flexibility index (Phi) is 4.98. The van der Waals surface area contributed by atoms with Crippen LogP contribution in [0, 0.1) is 5.92 Å². The molecule has 2 rings (SSSR count). The molecule has 20 heavy (non-hydrogen) atoms. The van der Waals surface area contributed by atoms with Gasteiger partial charge in [-0.3, -0.25) is 4.79 Å². The van der Waals surface area contributed by atoms with E-state index in [1.165, 1.54) is 5.56 Å². The van der Waals surface area contributed by atoms with Gasteiger partial charge in [-0.25, -0.2) is 0 Å². The molecule has 1 aliphatic carbocycles. The normalized spacial score (nSPS) is 30.1. The number of carbonyl (C=O) groups is 1. The molecule has 2 heteroatoms. The lowest BCUT2D eigenvalue weighted by atomic mass is 9.65. The maximum absolute atomic E-state index is 12.6. The van der Waals surface area contributed by atoms with Crippen molar-refractivity contribution in [2.75, 3.05) is 0 Å². The van der Waals surface area contributed by atoms with E-state index in [9.17, 15) is 9.90 Å². The van der Waals surface area contributed by atoms with Crippen molar-refractivity contribution in [3.8, 4) is 0 Å². The van der Waals surface area contributed by atoms with Gasteiger partial charge in [-0.2, -0.15) is 0 Å². The summed E-state index contributed by atoms with van der Waals surface area (Å²) in [6.45, 7) is 3.94. The molecule has 2 nitrogen and oxygen atoms in total. The largest absolute Gasteiger partial charge is 0.389 e. The van der Waals surface area contributed by atoms with Gasteiger partial charge >= 0.3 is 0 Å². The Labute approximate surface area is 122 Å². The molecule has 0 radical (unpaired) electrons. The lowest BCUT2D eigenvalue weighted by molar-refractivity contribution is -0.136. The lowest BCUT2D eigenvalue weighted by Crippen LogP contribution is -2.46. The second kappa shape index (κ2) is 6.53. The third-order valence-electron chi connectivity index (χ3n) is 4.62. The van der Waals surface area contributed by atoms with Crippen LogP contribution in [0.25, 0.3) is 0 Å². The average Bonchev–Trinajstić information content (AvgIpc) is 2.44. The molecular formula is C18H26O2. The zero-order valence-corrected chi connectivity index (χ0v) is 12.6. The van der Waals surface area contributed by atoms with E-state index >= 15 is 0 Å². The van der Waals surface area contributed by atoms with Crippen LogP contribution in [0.3, 0.4) is 0 Å². The molecule has 110 valence electrons. The highest BCUT2D eigenvalue weighted by Crippen LogP contribution is 2.44. The maximum atomic E-state index is 12.6. The van der Waals surface area contributed by atoms with Gasteiger partial charge in [0.25, 0.3) is 0 Å². The highest BCUT2D eigenvalue weighted by atomic mass is 16.3. The predicted octanol–water partition coefficient (Wildman–Crippen LogP) is 4.08. The molecule has 0 aromatic heterocycles. The predicted molar refractivity (Wildman–Crippen MR) is 81.7 cm³/mol. The minimum absolute atomic E-state index is 0.171. The molecule has 1 aromatic carbocycles. The molecular weight excluding hydrogens is 248 g/mol. The van der Waals surface area contributed by atoms with Crippen molar-refractivity contribution in [1.82, 2.24) is 0 Å². The topological polar surface area (TPSA) is 37.3 Å². The van der Waals surface area contributed by atoms with Gasteiger partial charge in [-0.15, -0.1) is 0 Å². The first-order valence-corrected chi connectivity index (χ1v) is 7.86. The number of benzene rings is 1. The molecule has 1 N–H and O–H groups in total. The number of hydrogen-bond donors (Lipinski definition) is 1. The highest BCUT2D eigenvalue weighted by Gasteiger charge is 2.45. The average molecular weight is 274 g/mol. The minimum Gasteiger partial charge on any atom is -0.389 e. The zero-order valence-electron chi connectivity index (χ0n) is 12.6. The van der Waals surface area contributed by atoms with Gasteiger partial charge in [0, 0.05) is 6.42 Å². The van der Waals surface area contributed by atoms with E-state index in [0.717, 1.165) is 32.1 Å². The van der Waals surface area contributed by atoms with Gasteiger partial charge in [0.1, 0.15) is 5.78 Å². The summed E-state index contributed by atoms with van der Waals surface area (Å²) < 4.78 is 0. The monoisotopic (exact) mass is 274 g/mol. The number of hydrogen-bond acceptors (Lipinski definition) is 2. The van der Waals surface area contributed by atoms with Gasteiger partial charge in [0.05, 0.1) is 11.5 Å². The molecule has 1 aliphatic rings. The smallest absolute Gasteiger partial charge is 0.139 e. The van der Waals surface area contributed by atoms with Gasteiger partial charge in [0.2, 0.25) is 0 Å². The van der Waals surface area contributed by atoms with E-state index in [2.05, 4.69) is 19.1 Å². The molecule has 1 fully saturated rings. The van der Waals surface area contributed by atoms with Gasteiger partial charge < -0.3 is 5.11 Å². The first kappa shape index (κ1) is 15.2. The first-order valence-electron chi connectivity index (χ1n) is 7.86. The summed E-state index contributed by atoms with van der Waals surface area (Å²) in [6.07, 6.45) is 5.27. The Balaban J connectivity index is 2.26. The van der Waals surface area contributed by atoms with Crippen LogP contribution >= 0.6 is 0 Å². The molecule has 0 saturated heterocycles. The Hall–Kier alpha value is -1.15. The van der Waals surface area contributed by atoms with Crippen LogP contribution in [0.1, 0.15) is 63.9 Å². The fourth-order valence-corrected chi connectivity index (χ4v) is 3.57. The Bertz CT molecular complexity index is 436. The summed E-state index contributed by atoms with van der Waals surface area (Å²) in [5.41, 5.74) is 0.339. The van der Waals surface area contributed by atoms with Crippen molar-refractivity contribution in [1.29, 1.82) is 0 Å². The minimum atomic E-state index is -0.858. The van der Waals surface area contributed by atoms with Crippen LogP contribution in [0.15, 0.2) is 30.3 Å². The molecule has 0 aliphatic heterocycles. The Morgan fingerprint density at radius 1 is 1.35 bits per heavy atom. The number of ketones is 1. The molecule has 1 aromatic rings. The molecule has 0 heterocycles. The van der Waals surface area contributed by atoms with Crippen LogP contribution < -0.4 is 0 Å². The van der Waals surface area contributed by atoms with Crippen molar-refractivity contribution in [2.24, 2.45) is 5.92 Å². The van der Waals surface area contributed by atoms with E-state index in [-0.39, 0.29) is 17.6 Å². The van der Waals surface area contributed by atoms with Gasteiger partial charge in [-0.1, -0.05) is 43.7 Å². The summed E-state index contributed by atoms with van der Waals surface area (Å²) >= 11 is 0. The SMILES string of the molecule is CCCCC(=O)[C@H]1[C@H](c2ccccc2)CCC[C@@]1(C)O. The van der Waals surface area contributed by atoms with Crippen molar-refractivity contribution in [3.05, 3.63) is 35.9 Å². The van der Waals surface area contributed by atoms with Crippen LogP contribution in [-0.2, 0) is 4.79 Å². The molecule has 0 amide bonds. The number of rotatable bonds is 5. The molecule has 0 bridgehead atoms. The van der Waals surface area contributed by atoms with E-state index in [1.807, 2.05) is 25.1 Å². The second-order valence-electron chi connectivity index (χ2n) is 6.31.